The van der Waals surface area contributed by atoms with Gasteiger partial charge in [-0.3, -0.25) is 9.59 Å². The Kier molecular flexibility index (Phi) is 9.87. The number of carboxylic acid groups (broad SMARTS) is 1. The Hall–Kier alpha value is -1.88. The molecule has 0 spiro atoms. The molecule has 1 aliphatic heterocycles. The first kappa shape index (κ1) is 20.1. The zero-order valence-corrected chi connectivity index (χ0v) is 14.3. The number of carboxylic acids is 1. The van der Waals surface area contributed by atoms with Crippen molar-refractivity contribution >= 4 is 11.9 Å². The number of carbonyl (C=O) groups excluding carboxylic acids is 1. The average Bonchev–Trinajstić information content (AvgIpc) is 2.55. The number of likely N-dealkylation sites (N-methyl/N-ethyl adjacent to an activating group) is 1. The normalized spacial score (nSPS) is 12.8. The maximum absolute atomic E-state index is 11.7. The third kappa shape index (κ3) is 6.26. The van der Waals surface area contributed by atoms with E-state index in [1.807, 2.05) is 39.8 Å². The molecule has 0 saturated carbocycles. The molecule has 5 nitrogen and oxygen atoms in total. The fourth-order valence-corrected chi connectivity index (χ4v) is 2.09. The minimum atomic E-state index is -1.04. The molecule has 0 bridgehead atoms. The first-order chi connectivity index (χ1) is 10.6. The first-order valence-electron chi connectivity index (χ1n) is 7.86. The van der Waals surface area contributed by atoms with Crippen molar-refractivity contribution in [2.75, 3.05) is 20.1 Å². The SMILES string of the molecule is CC.CC.CN1CCc2cc(C(=O)NCC(=O)O)ccc2C1. The molecule has 124 valence electrons. The summed E-state index contributed by atoms with van der Waals surface area (Å²) in [6.07, 6.45) is 0.923. The summed E-state index contributed by atoms with van der Waals surface area (Å²) in [6, 6.07) is 5.55. The predicted molar refractivity (Wildman–Crippen MR) is 89.1 cm³/mol. The van der Waals surface area contributed by atoms with Crippen LogP contribution in [0.5, 0.6) is 0 Å². The number of benzene rings is 1. The molecule has 2 N–H and O–H groups in total. The van der Waals surface area contributed by atoms with E-state index in [-0.39, 0.29) is 12.5 Å². The number of aliphatic carboxylic acids is 1. The third-order valence-electron chi connectivity index (χ3n) is 3.07. The summed E-state index contributed by atoms with van der Waals surface area (Å²) in [6.45, 7) is 9.53. The molecule has 0 fully saturated rings. The molecule has 1 aromatic rings. The molecule has 1 heterocycles. The van der Waals surface area contributed by atoms with E-state index in [2.05, 4.69) is 17.3 Å². The van der Waals surface area contributed by atoms with Gasteiger partial charge >= 0.3 is 5.97 Å². The van der Waals surface area contributed by atoms with Crippen LogP contribution in [0, 0.1) is 0 Å². The lowest BCUT2D eigenvalue weighted by Crippen LogP contribution is -2.30. The van der Waals surface area contributed by atoms with Crippen molar-refractivity contribution < 1.29 is 14.7 Å². The van der Waals surface area contributed by atoms with Gasteiger partial charge in [-0.1, -0.05) is 33.8 Å². The van der Waals surface area contributed by atoms with Crippen molar-refractivity contribution in [2.45, 2.75) is 40.7 Å². The van der Waals surface area contributed by atoms with Crippen LogP contribution < -0.4 is 5.32 Å². The molecule has 1 amide bonds. The second-order valence-electron chi connectivity index (χ2n) is 4.55. The maximum Gasteiger partial charge on any atom is 0.322 e. The van der Waals surface area contributed by atoms with Crippen molar-refractivity contribution in [3.05, 3.63) is 34.9 Å². The van der Waals surface area contributed by atoms with Gasteiger partial charge in [0.25, 0.3) is 5.91 Å². The summed E-state index contributed by atoms with van der Waals surface area (Å²) in [5.74, 6) is -1.37. The van der Waals surface area contributed by atoms with Crippen LogP contribution in [-0.2, 0) is 17.8 Å². The van der Waals surface area contributed by atoms with Gasteiger partial charge in [-0.15, -0.1) is 0 Å². The number of amides is 1. The van der Waals surface area contributed by atoms with Crippen LogP contribution in [0.4, 0.5) is 0 Å². The maximum atomic E-state index is 11.7. The van der Waals surface area contributed by atoms with Gasteiger partial charge in [0.05, 0.1) is 0 Å². The summed E-state index contributed by atoms with van der Waals surface area (Å²) >= 11 is 0. The number of rotatable bonds is 3. The van der Waals surface area contributed by atoms with Crippen molar-refractivity contribution in [2.24, 2.45) is 0 Å². The lowest BCUT2D eigenvalue weighted by Gasteiger charge is -2.25. The summed E-state index contributed by atoms with van der Waals surface area (Å²) in [7, 11) is 2.07. The predicted octanol–water partition coefficient (Wildman–Crippen LogP) is 2.54. The Morgan fingerprint density at radius 1 is 1.18 bits per heavy atom. The third-order valence-corrected chi connectivity index (χ3v) is 3.07. The van der Waals surface area contributed by atoms with E-state index in [1.165, 1.54) is 11.1 Å². The monoisotopic (exact) mass is 308 g/mol. The fraction of sp³-hybridized carbons (Fsp3) is 0.529. The molecule has 22 heavy (non-hydrogen) atoms. The number of nitrogens with zero attached hydrogens (tertiary/aromatic N) is 1. The molecule has 0 unspecified atom stereocenters. The van der Waals surface area contributed by atoms with E-state index in [9.17, 15) is 9.59 Å². The van der Waals surface area contributed by atoms with Gasteiger partial charge < -0.3 is 15.3 Å². The molecule has 0 aliphatic carbocycles. The van der Waals surface area contributed by atoms with Gasteiger partial charge in [0.1, 0.15) is 6.54 Å². The number of carbonyl (C=O) groups is 2. The van der Waals surface area contributed by atoms with Crippen LogP contribution in [0.1, 0.15) is 49.2 Å². The van der Waals surface area contributed by atoms with Crippen LogP contribution in [0.3, 0.4) is 0 Å². The van der Waals surface area contributed by atoms with Crippen molar-refractivity contribution in [3.8, 4) is 0 Å². The lowest BCUT2D eigenvalue weighted by molar-refractivity contribution is -0.135. The highest BCUT2D eigenvalue weighted by atomic mass is 16.4. The molecule has 0 aromatic heterocycles. The van der Waals surface area contributed by atoms with Gasteiger partial charge in [0.2, 0.25) is 0 Å². The Bertz CT molecular complexity index is 487. The smallest absolute Gasteiger partial charge is 0.322 e. The standard InChI is InChI=1S/C13H16N2O3.2C2H6/c1-15-5-4-9-6-10(2-3-11(9)8-15)13(18)14-7-12(16)17;2*1-2/h2-3,6H,4-5,7-8H2,1H3,(H,14,18)(H,16,17);2*1-2H3. The summed E-state index contributed by atoms with van der Waals surface area (Å²) in [4.78, 5) is 24.3. The van der Waals surface area contributed by atoms with E-state index >= 15 is 0 Å². The van der Waals surface area contributed by atoms with Gasteiger partial charge in [0.15, 0.2) is 0 Å². The van der Waals surface area contributed by atoms with E-state index in [1.54, 1.807) is 6.07 Å². The molecule has 1 aromatic carbocycles. The second-order valence-corrected chi connectivity index (χ2v) is 4.55. The van der Waals surface area contributed by atoms with E-state index in [0.29, 0.717) is 5.56 Å². The van der Waals surface area contributed by atoms with Crippen LogP contribution >= 0.6 is 0 Å². The minimum absolute atomic E-state index is 0.334. The average molecular weight is 308 g/mol. The van der Waals surface area contributed by atoms with E-state index in [4.69, 9.17) is 5.11 Å². The number of hydrogen-bond donors (Lipinski definition) is 2. The zero-order chi connectivity index (χ0) is 17.1. The number of nitrogens with one attached hydrogen (secondary N) is 1. The molecule has 5 heteroatoms. The van der Waals surface area contributed by atoms with Gasteiger partial charge in [0, 0.05) is 18.7 Å². The van der Waals surface area contributed by atoms with Crippen molar-refractivity contribution in [1.82, 2.24) is 10.2 Å². The highest BCUT2D eigenvalue weighted by Crippen LogP contribution is 2.19. The largest absolute Gasteiger partial charge is 0.480 e. The van der Waals surface area contributed by atoms with Gasteiger partial charge in [-0.2, -0.15) is 0 Å². The van der Waals surface area contributed by atoms with E-state index in [0.717, 1.165) is 19.5 Å². The molecule has 0 atom stereocenters. The highest BCUT2D eigenvalue weighted by Gasteiger charge is 2.15. The van der Waals surface area contributed by atoms with Crippen LogP contribution in [0.2, 0.25) is 0 Å². The lowest BCUT2D eigenvalue weighted by atomic mass is 9.97. The van der Waals surface area contributed by atoms with Crippen molar-refractivity contribution in [1.29, 1.82) is 0 Å². The van der Waals surface area contributed by atoms with Crippen molar-refractivity contribution in [3.63, 3.8) is 0 Å². The topological polar surface area (TPSA) is 69.6 Å². The van der Waals surface area contributed by atoms with Crippen LogP contribution in [0.15, 0.2) is 18.2 Å². The highest BCUT2D eigenvalue weighted by molar-refractivity contribution is 5.96. The molecule has 0 radical (unpaired) electrons. The molecular formula is C17H28N2O3. The van der Waals surface area contributed by atoms with Crippen LogP contribution in [-0.4, -0.2) is 42.0 Å². The summed E-state index contributed by atoms with van der Waals surface area (Å²) in [5.41, 5.74) is 2.94. The van der Waals surface area contributed by atoms with Gasteiger partial charge in [-0.25, -0.2) is 0 Å². The first-order valence-corrected chi connectivity index (χ1v) is 7.86. The minimum Gasteiger partial charge on any atom is -0.480 e. The summed E-state index contributed by atoms with van der Waals surface area (Å²) in [5, 5.41) is 10.9. The number of fused-ring (bicyclic) bond motifs is 1. The quantitative estimate of drug-likeness (QED) is 0.900. The van der Waals surface area contributed by atoms with E-state index < -0.39 is 5.97 Å². The Morgan fingerprint density at radius 3 is 2.41 bits per heavy atom. The molecular weight excluding hydrogens is 280 g/mol. The van der Waals surface area contributed by atoms with Crippen LogP contribution in [0.25, 0.3) is 0 Å². The summed E-state index contributed by atoms with van der Waals surface area (Å²) < 4.78 is 0. The van der Waals surface area contributed by atoms with Gasteiger partial charge in [-0.05, 0) is 36.7 Å². The molecule has 0 saturated heterocycles. The Morgan fingerprint density at radius 2 is 1.82 bits per heavy atom. The molecule has 2 rings (SSSR count). The Labute approximate surface area is 133 Å². The zero-order valence-electron chi connectivity index (χ0n) is 14.3. The fourth-order valence-electron chi connectivity index (χ4n) is 2.09. The Balaban J connectivity index is 0.00000102. The second kappa shape index (κ2) is 10.8. The number of hydrogen-bond acceptors (Lipinski definition) is 3. The molecule has 1 aliphatic rings.